The summed E-state index contributed by atoms with van der Waals surface area (Å²) in [7, 11) is 1.58. The van der Waals surface area contributed by atoms with Crippen molar-refractivity contribution in [1.82, 2.24) is 4.90 Å². The number of nitrogens with zero attached hydrogens (tertiary/aromatic N) is 1. The van der Waals surface area contributed by atoms with Gasteiger partial charge in [0.05, 0.1) is 7.11 Å². The number of amides is 2. The summed E-state index contributed by atoms with van der Waals surface area (Å²) < 4.78 is 10.8. The van der Waals surface area contributed by atoms with Crippen molar-refractivity contribution < 1.29 is 19.1 Å². The van der Waals surface area contributed by atoms with Gasteiger partial charge in [-0.1, -0.05) is 18.9 Å². The Balaban J connectivity index is 1.31. The van der Waals surface area contributed by atoms with Crippen LogP contribution in [0.3, 0.4) is 0 Å². The van der Waals surface area contributed by atoms with Crippen LogP contribution in [0.25, 0.3) is 0 Å². The van der Waals surface area contributed by atoms with Crippen LogP contribution >= 0.6 is 0 Å². The summed E-state index contributed by atoms with van der Waals surface area (Å²) in [4.78, 5) is 27.3. The Morgan fingerprint density at radius 1 is 1.00 bits per heavy atom. The molecule has 2 aromatic carbocycles. The average molecular weight is 423 g/mol. The molecule has 2 unspecified atom stereocenters. The summed E-state index contributed by atoms with van der Waals surface area (Å²) in [5.41, 5.74) is 1.33. The van der Waals surface area contributed by atoms with Gasteiger partial charge in [-0.2, -0.15) is 0 Å². The molecule has 0 spiro atoms. The molecule has 31 heavy (non-hydrogen) atoms. The third kappa shape index (κ3) is 5.19. The summed E-state index contributed by atoms with van der Waals surface area (Å²) in [6, 6.07) is 14.7. The number of carbonyl (C=O) groups excluding carboxylic acids is 2. The molecule has 0 aromatic heterocycles. The molecule has 1 aliphatic heterocycles. The number of ether oxygens (including phenoxy) is 2. The number of benzene rings is 2. The minimum atomic E-state index is -0.259. The lowest BCUT2D eigenvalue weighted by molar-refractivity contribution is -0.118. The smallest absolute Gasteiger partial charge is 0.262 e. The van der Waals surface area contributed by atoms with E-state index in [0.29, 0.717) is 34.7 Å². The first kappa shape index (κ1) is 21.2. The molecule has 1 N–H and O–H groups in total. The standard InChI is InChI=1S/C25H30N2O4/c1-30-22-9-4-8-20(16-22)26-24(28)17-31-21-13-11-19(12-14-21)25(29)27-15-5-7-18-6-2-3-10-23(18)27/h4,8-9,11-14,16,18,23H,2-3,5-7,10,15,17H2,1H3,(H,26,28). The molecule has 0 bridgehead atoms. The SMILES string of the molecule is COc1cccc(NC(=O)COc2ccc(C(=O)N3CCCC4CCCCC43)cc2)c1. The monoisotopic (exact) mass is 422 g/mol. The number of methoxy groups -OCH3 is 1. The number of likely N-dealkylation sites (tertiary alicyclic amines) is 1. The highest BCUT2D eigenvalue weighted by Gasteiger charge is 2.35. The second kappa shape index (κ2) is 9.86. The van der Waals surface area contributed by atoms with Crippen LogP contribution < -0.4 is 14.8 Å². The van der Waals surface area contributed by atoms with E-state index in [4.69, 9.17) is 9.47 Å². The van der Waals surface area contributed by atoms with Crippen molar-refractivity contribution in [3.05, 3.63) is 54.1 Å². The fraction of sp³-hybridized carbons (Fsp3) is 0.440. The third-order valence-corrected chi connectivity index (χ3v) is 6.33. The Kier molecular flexibility index (Phi) is 6.75. The number of piperidine rings is 1. The van der Waals surface area contributed by atoms with Gasteiger partial charge < -0.3 is 19.7 Å². The first-order valence-corrected chi connectivity index (χ1v) is 11.1. The molecule has 6 nitrogen and oxygen atoms in total. The fourth-order valence-corrected chi connectivity index (χ4v) is 4.78. The van der Waals surface area contributed by atoms with Gasteiger partial charge in [0.15, 0.2) is 6.61 Å². The molecular weight excluding hydrogens is 392 g/mol. The third-order valence-electron chi connectivity index (χ3n) is 6.33. The Hall–Kier alpha value is -3.02. The lowest BCUT2D eigenvalue weighted by Gasteiger charge is -2.44. The van der Waals surface area contributed by atoms with E-state index in [1.807, 2.05) is 12.1 Å². The van der Waals surface area contributed by atoms with Crippen LogP contribution in [0, 0.1) is 5.92 Å². The maximum absolute atomic E-state index is 13.1. The molecule has 0 radical (unpaired) electrons. The van der Waals surface area contributed by atoms with E-state index in [-0.39, 0.29) is 18.4 Å². The molecule has 164 valence electrons. The largest absolute Gasteiger partial charge is 0.497 e. The van der Waals surface area contributed by atoms with Gasteiger partial charge in [-0.05, 0) is 68.0 Å². The number of carbonyl (C=O) groups is 2. The van der Waals surface area contributed by atoms with Crippen molar-refractivity contribution in [2.24, 2.45) is 5.92 Å². The van der Waals surface area contributed by atoms with Gasteiger partial charge in [0.25, 0.3) is 11.8 Å². The predicted molar refractivity (Wildman–Crippen MR) is 120 cm³/mol. The first-order chi connectivity index (χ1) is 15.1. The maximum atomic E-state index is 13.1. The van der Waals surface area contributed by atoms with Crippen LogP contribution in [0.2, 0.25) is 0 Å². The van der Waals surface area contributed by atoms with Crippen molar-refractivity contribution in [2.45, 2.75) is 44.6 Å². The van der Waals surface area contributed by atoms with Crippen LogP contribution in [0.4, 0.5) is 5.69 Å². The van der Waals surface area contributed by atoms with E-state index >= 15 is 0 Å². The van der Waals surface area contributed by atoms with Gasteiger partial charge in [-0.25, -0.2) is 0 Å². The van der Waals surface area contributed by atoms with Gasteiger partial charge in [0.2, 0.25) is 0 Å². The quantitative estimate of drug-likeness (QED) is 0.744. The summed E-state index contributed by atoms with van der Waals surface area (Å²) in [5.74, 6) is 1.75. The summed E-state index contributed by atoms with van der Waals surface area (Å²) in [6.45, 7) is 0.739. The number of hydrogen-bond acceptors (Lipinski definition) is 4. The minimum absolute atomic E-state index is 0.110. The zero-order valence-electron chi connectivity index (χ0n) is 18.0. The van der Waals surface area contributed by atoms with Crippen molar-refractivity contribution in [3.63, 3.8) is 0 Å². The Bertz CT molecular complexity index is 910. The molecule has 1 saturated carbocycles. The van der Waals surface area contributed by atoms with E-state index < -0.39 is 0 Å². The van der Waals surface area contributed by atoms with E-state index in [2.05, 4.69) is 10.2 Å². The van der Waals surface area contributed by atoms with Crippen molar-refractivity contribution in [1.29, 1.82) is 0 Å². The molecule has 1 saturated heterocycles. The average Bonchev–Trinajstić information content (AvgIpc) is 2.82. The zero-order chi connectivity index (χ0) is 21.6. The van der Waals surface area contributed by atoms with E-state index in [1.54, 1.807) is 43.5 Å². The first-order valence-electron chi connectivity index (χ1n) is 11.1. The van der Waals surface area contributed by atoms with Crippen molar-refractivity contribution >= 4 is 17.5 Å². The zero-order valence-corrected chi connectivity index (χ0v) is 18.0. The second-order valence-electron chi connectivity index (χ2n) is 8.35. The lowest BCUT2D eigenvalue weighted by Crippen LogP contribution is -2.49. The fourth-order valence-electron chi connectivity index (χ4n) is 4.78. The molecule has 2 fully saturated rings. The number of rotatable bonds is 6. The van der Waals surface area contributed by atoms with Gasteiger partial charge in [0.1, 0.15) is 11.5 Å². The van der Waals surface area contributed by atoms with Crippen LogP contribution in [-0.4, -0.2) is 43.0 Å². The molecular formula is C25H30N2O4. The molecule has 2 aromatic rings. The van der Waals surface area contributed by atoms with Crippen LogP contribution in [-0.2, 0) is 4.79 Å². The molecule has 1 heterocycles. The lowest BCUT2D eigenvalue weighted by atomic mass is 9.78. The highest BCUT2D eigenvalue weighted by molar-refractivity contribution is 5.95. The molecule has 4 rings (SSSR count). The predicted octanol–water partition coefficient (Wildman–Crippen LogP) is 4.51. The number of anilines is 1. The van der Waals surface area contributed by atoms with Gasteiger partial charge in [-0.3, -0.25) is 9.59 Å². The van der Waals surface area contributed by atoms with E-state index in [1.165, 1.54) is 25.7 Å². The summed E-state index contributed by atoms with van der Waals surface area (Å²) in [6.07, 6.45) is 7.23. The minimum Gasteiger partial charge on any atom is -0.497 e. The molecule has 2 aliphatic rings. The Morgan fingerprint density at radius 2 is 1.77 bits per heavy atom. The van der Waals surface area contributed by atoms with Crippen molar-refractivity contribution in [3.8, 4) is 11.5 Å². The molecule has 2 atom stereocenters. The van der Waals surface area contributed by atoms with Crippen molar-refractivity contribution in [2.75, 3.05) is 25.6 Å². The van der Waals surface area contributed by atoms with Gasteiger partial charge in [0, 0.05) is 29.9 Å². The van der Waals surface area contributed by atoms with E-state index in [9.17, 15) is 9.59 Å². The topological polar surface area (TPSA) is 67.9 Å². The highest BCUT2D eigenvalue weighted by atomic mass is 16.5. The molecule has 6 heteroatoms. The highest BCUT2D eigenvalue weighted by Crippen LogP contribution is 2.36. The maximum Gasteiger partial charge on any atom is 0.262 e. The number of hydrogen-bond donors (Lipinski definition) is 1. The van der Waals surface area contributed by atoms with Gasteiger partial charge >= 0.3 is 0 Å². The Morgan fingerprint density at radius 3 is 2.58 bits per heavy atom. The number of nitrogens with one attached hydrogen (secondary N) is 1. The number of fused-ring (bicyclic) bond motifs is 1. The summed E-state index contributed by atoms with van der Waals surface area (Å²) in [5, 5.41) is 2.78. The molecule has 2 amide bonds. The second-order valence-corrected chi connectivity index (χ2v) is 8.35. The van der Waals surface area contributed by atoms with E-state index in [0.717, 1.165) is 19.4 Å². The van der Waals surface area contributed by atoms with Crippen LogP contribution in [0.1, 0.15) is 48.9 Å². The van der Waals surface area contributed by atoms with Gasteiger partial charge in [-0.15, -0.1) is 0 Å². The normalized spacial score (nSPS) is 20.5. The van der Waals surface area contributed by atoms with Crippen LogP contribution in [0.5, 0.6) is 11.5 Å². The summed E-state index contributed by atoms with van der Waals surface area (Å²) >= 11 is 0. The molecule has 1 aliphatic carbocycles. The Labute approximate surface area is 183 Å². The van der Waals surface area contributed by atoms with Crippen LogP contribution in [0.15, 0.2) is 48.5 Å².